The van der Waals surface area contributed by atoms with E-state index in [1.165, 1.54) is 5.56 Å². The van der Waals surface area contributed by atoms with Gasteiger partial charge in [0.1, 0.15) is 11.8 Å². The first-order chi connectivity index (χ1) is 17.6. The van der Waals surface area contributed by atoms with E-state index in [4.69, 9.17) is 4.74 Å². The molecule has 3 rings (SSSR count). The number of rotatable bonds is 10. The molecule has 3 aromatic carbocycles. The number of hydrogen-bond acceptors (Lipinski definition) is 3. The number of nitrogens with one attached hydrogen (secondary N) is 1. The van der Waals surface area contributed by atoms with Gasteiger partial charge in [0, 0.05) is 19.5 Å². The van der Waals surface area contributed by atoms with Crippen LogP contribution in [0.25, 0.3) is 0 Å². The van der Waals surface area contributed by atoms with Gasteiger partial charge in [-0.15, -0.1) is 0 Å². The third kappa shape index (κ3) is 8.19. The first-order valence-electron chi connectivity index (χ1n) is 12.7. The number of amides is 2. The lowest BCUT2D eigenvalue weighted by molar-refractivity contribution is -0.142. The third-order valence-corrected chi connectivity index (χ3v) is 6.83. The van der Waals surface area contributed by atoms with Crippen molar-refractivity contribution < 1.29 is 14.3 Å². The second kappa shape index (κ2) is 12.9. The van der Waals surface area contributed by atoms with Crippen LogP contribution in [0.4, 0.5) is 0 Å². The van der Waals surface area contributed by atoms with Crippen molar-refractivity contribution in [2.24, 2.45) is 0 Å². The first-order valence-corrected chi connectivity index (χ1v) is 13.5. The number of carbonyl (C=O) groups excluding carboxylic acids is 2. The maximum atomic E-state index is 13.7. The highest BCUT2D eigenvalue weighted by Crippen LogP contribution is 2.31. The Morgan fingerprint density at radius 2 is 1.68 bits per heavy atom. The molecule has 0 heterocycles. The molecule has 0 aliphatic rings. The van der Waals surface area contributed by atoms with Crippen LogP contribution >= 0.6 is 15.9 Å². The van der Waals surface area contributed by atoms with Gasteiger partial charge in [0.2, 0.25) is 5.91 Å². The lowest BCUT2D eigenvalue weighted by Crippen LogP contribution is -2.51. The zero-order valence-electron chi connectivity index (χ0n) is 22.4. The van der Waals surface area contributed by atoms with Crippen molar-refractivity contribution in [1.82, 2.24) is 10.2 Å². The van der Waals surface area contributed by atoms with Crippen molar-refractivity contribution in [2.45, 2.75) is 59.0 Å². The standard InChI is InChI=1S/C31H37BrN2O3/c1-6-33-30(36)27(18-23-12-8-7-9-13-23)34(20-24-14-10-11-22(2)17-24)29(35)21-37-28-16-15-25(19-26(28)32)31(3,4)5/h7-17,19,27H,6,18,20-21H2,1-5H3,(H,33,36)/t27-/m1/s1. The van der Waals surface area contributed by atoms with Crippen molar-refractivity contribution in [2.75, 3.05) is 13.2 Å². The van der Waals surface area contributed by atoms with Crippen LogP contribution in [0.2, 0.25) is 0 Å². The van der Waals surface area contributed by atoms with E-state index in [9.17, 15) is 9.59 Å². The van der Waals surface area contributed by atoms with E-state index in [1.807, 2.05) is 86.6 Å². The molecule has 0 bridgehead atoms. The zero-order valence-corrected chi connectivity index (χ0v) is 24.0. The molecule has 0 unspecified atom stereocenters. The highest BCUT2D eigenvalue weighted by atomic mass is 79.9. The lowest BCUT2D eigenvalue weighted by atomic mass is 9.87. The second-order valence-electron chi connectivity index (χ2n) is 10.3. The molecule has 0 fully saturated rings. The number of hydrogen-bond donors (Lipinski definition) is 1. The van der Waals surface area contributed by atoms with Gasteiger partial charge in [-0.2, -0.15) is 0 Å². The van der Waals surface area contributed by atoms with Gasteiger partial charge in [-0.3, -0.25) is 9.59 Å². The average molecular weight is 566 g/mol. The molecule has 1 atom stereocenters. The molecule has 0 aliphatic heterocycles. The quantitative estimate of drug-likeness (QED) is 0.318. The predicted molar refractivity (Wildman–Crippen MR) is 153 cm³/mol. The van der Waals surface area contributed by atoms with E-state index in [-0.39, 0.29) is 23.8 Å². The molecule has 2 amide bonds. The van der Waals surface area contributed by atoms with Gasteiger partial charge in [0.15, 0.2) is 6.61 Å². The minimum absolute atomic E-state index is 0.00121. The molecule has 3 aromatic rings. The minimum atomic E-state index is -0.675. The molecule has 0 aromatic heterocycles. The van der Waals surface area contributed by atoms with Crippen LogP contribution in [-0.4, -0.2) is 35.9 Å². The second-order valence-corrected chi connectivity index (χ2v) is 11.1. The Morgan fingerprint density at radius 1 is 0.973 bits per heavy atom. The van der Waals surface area contributed by atoms with Gasteiger partial charge in [0.05, 0.1) is 4.47 Å². The largest absolute Gasteiger partial charge is 0.483 e. The van der Waals surface area contributed by atoms with Crippen molar-refractivity contribution >= 4 is 27.7 Å². The van der Waals surface area contributed by atoms with E-state index in [2.05, 4.69) is 42.0 Å². The van der Waals surface area contributed by atoms with Crippen molar-refractivity contribution in [3.05, 3.63) is 99.5 Å². The maximum Gasteiger partial charge on any atom is 0.261 e. The van der Waals surface area contributed by atoms with E-state index < -0.39 is 6.04 Å². The van der Waals surface area contributed by atoms with Crippen molar-refractivity contribution in [3.8, 4) is 5.75 Å². The van der Waals surface area contributed by atoms with Crippen LogP contribution in [-0.2, 0) is 28.0 Å². The summed E-state index contributed by atoms with van der Waals surface area (Å²) in [4.78, 5) is 28.6. The van der Waals surface area contributed by atoms with Crippen LogP contribution in [0.3, 0.4) is 0 Å². The maximum absolute atomic E-state index is 13.7. The minimum Gasteiger partial charge on any atom is -0.483 e. The highest BCUT2D eigenvalue weighted by molar-refractivity contribution is 9.10. The topological polar surface area (TPSA) is 58.6 Å². The molecule has 0 saturated heterocycles. The molecular formula is C31H37BrN2O3. The summed E-state index contributed by atoms with van der Waals surface area (Å²) in [7, 11) is 0. The number of aryl methyl sites for hydroxylation is 1. The fraction of sp³-hybridized carbons (Fsp3) is 0.355. The van der Waals surface area contributed by atoms with Crippen molar-refractivity contribution in [3.63, 3.8) is 0 Å². The Morgan fingerprint density at radius 3 is 2.30 bits per heavy atom. The third-order valence-electron chi connectivity index (χ3n) is 6.21. The first kappa shape index (κ1) is 28.5. The monoisotopic (exact) mass is 564 g/mol. The van der Waals surface area contributed by atoms with Crippen LogP contribution in [0.15, 0.2) is 77.3 Å². The SMILES string of the molecule is CCNC(=O)[C@@H](Cc1ccccc1)N(Cc1cccc(C)c1)C(=O)COc1ccc(C(C)(C)C)cc1Br. The smallest absolute Gasteiger partial charge is 0.261 e. The Balaban J connectivity index is 1.89. The van der Waals surface area contributed by atoms with Crippen LogP contribution in [0.1, 0.15) is 49.9 Å². The lowest BCUT2D eigenvalue weighted by Gasteiger charge is -2.31. The highest BCUT2D eigenvalue weighted by Gasteiger charge is 2.30. The Kier molecular flexibility index (Phi) is 9.93. The van der Waals surface area contributed by atoms with Gasteiger partial charge in [-0.1, -0.05) is 87.0 Å². The number of benzene rings is 3. The summed E-state index contributed by atoms with van der Waals surface area (Å²) < 4.78 is 6.77. The van der Waals surface area contributed by atoms with E-state index >= 15 is 0 Å². The predicted octanol–water partition coefficient (Wildman–Crippen LogP) is 6.21. The fourth-order valence-electron chi connectivity index (χ4n) is 4.16. The summed E-state index contributed by atoms with van der Waals surface area (Å²) in [5.74, 6) is 0.165. The van der Waals surface area contributed by atoms with Gasteiger partial charge in [-0.05, 0) is 64.0 Å². The fourth-order valence-corrected chi connectivity index (χ4v) is 4.65. The number of likely N-dealkylation sites (N-methyl/N-ethyl adjacent to an activating group) is 1. The zero-order chi connectivity index (χ0) is 27.0. The van der Waals surface area contributed by atoms with E-state index in [0.29, 0.717) is 25.3 Å². The number of ether oxygens (including phenoxy) is 1. The van der Waals surface area contributed by atoms with Gasteiger partial charge in [-0.25, -0.2) is 0 Å². The molecule has 0 spiro atoms. The molecule has 0 radical (unpaired) electrons. The molecule has 37 heavy (non-hydrogen) atoms. The molecule has 0 aliphatic carbocycles. The Bertz CT molecular complexity index is 1200. The average Bonchev–Trinajstić information content (AvgIpc) is 2.85. The number of carbonyl (C=O) groups is 2. The molecule has 1 N–H and O–H groups in total. The molecule has 6 heteroatoms. The van der Waals surface area contributed by atoms with Crippen LogP contribution in [0, 0.1) is 6.92 Å². The number of halogens is 1. The summed E-state index contributed by atoms with van der Waals surface area (Å²) in [6.07, 6.45) is 0.411. The molecule has 196 valence electrons. The Hall–Kier alpha value is -3.12. The summed E-state index contributed by atoms with van der Waals surface area (Å²) >= 11 is 3.59. The van der Waals surface area contributed by atoms with E-state index in [1.54, 1.807) is 4.90 Å². The molecular weight excluding hydrogens is 528 g/mol. The summed E-state index contributed by atoms with van der Waals surface area (Å²) in [6.45, 7) is 11.0. The summed E-state index contributed by atoms with van der Waals surface area (Å²) in [5, 5.41) is 2.92. The molecule has 5 nitrogen and oxygen atoms in total. The van der Waals surface area contributed by atoms with Crippen LogP contribution in [0.5, 0.6) is 5.75 Å². The molecule has 0 saturated carbocycles. The number of nitrogens with zero attached hydrogens (tertiary/aromatic N) is 1. The van der Waals surface area contributed by atoms with Gasteiger partial charge in [0.25, 0.3) is 5.91 Å². The normalized spacial score (nSPS) is 12.1. The van der Waals surface area contributed by atoms with Gasteiger partial charge < -0.3 is 15.0 Å². The summed E-state index contributed by atoms with van der Waals surface area (Å²) in [5.41, 5.74) is 4.22. The Labute approximate surface area is 229 Å². The van der Waals surface area contributed by atoms with Gasteiger partial charge >= 0.3 is 0 Å². The van der Waals surface area contributed by atoms with E-state index in [0.717, 1.165) is 21.2 Å². The van der Waals surface area contributed by atoms with Crippen molar-refractivity contribution in [1.29, 1.82) is 0 Å². The summed E-state index contributed by atoms with van der Waals surface area (Å²) in [6, 6.07) is 23.0. The van der Waals surface area contributed by atoms with Crippen LogP contribution < -0.4 is 10.1 Å².